The Morgan fingerprint density at radius 1 is 0.292 bits per heavy atom. The third-order valence-corrected chi connectivity index (χ3v) is 14.1. The summed E-state index contributed by atoms with van der Waals surface area (Å²) in [4.78, 5) is 38.2. The van der Waals surface area contributed by atoms with Crippen LogP contribution in [0.2, 0.25) is 0 Å². The lowest BCUT2D eigenvalue weighted by Gasteiger charge is -2.18. The van der Waals surface area contributed by atoms with Gasteiger partial charge >= 0.3 is 17.9 Å². The van der Waals surface area contributed by atoms with Gasteiger partial charge in [-0.15, -0.1) is 0 Å². The van der Waals surface area contributed by atoms with Gasteiger partial charge in [0.05, 0.1) is 0 Å². The Kier molecular flexibility index (Phi) is 58.7. The highest BCUT2D eigenvalue weighted by atomic mass is 16.6. The van der Waals surface area contributed by atoms with Crippen LogP contribution in [0, 0.1) is 0 Å². The minimum Gasteiger partial charge on any atom is -0.462 e. The molecule has 0 spiro atoms. The first kappa shape index (κ1) is 69.4. The molecule has 0 saturated carbocycles. The van der Waals surface area contributed by atoms with Crippen molar-refractivity contribution in [2.45, 2.75) is 341 Å². The summed E-state index contributed by atoms with van der Waals surface area (Å²) < 4.78 is 16.9. The number of unbranched alkanes of at least 4 members (excludes halogenated alkanes) is 39. The molecule has 0 bridgehead atoms. The average Bonchev–Trinajstić information content (AvgIpc) is 3.38. The van der Waals surface area contributed by atoms with E-state index in [0.717, 1.165) is 83.5 Å². The Bertz CT molecular complexity index is 1250. The van der Waals surface area contributed by atoms with Crippen molar-refractivity contribution in [3.8, 4) is 0 Å². The van der Waals surface area contributed by atoms with Gasteiger partial charge in [0.25, 0.3) is 0 Å². The summed E-state index contributed by atoms with van der Waals surface area (Å²) in [5.74, 6) is -0.891. The van der Waals surface area contributed by atoms with Crippen LogP contribution < -0.4 is 0 Å². The molecule has 6 nitrogen and oxygen atoms in total. The standard InChI is InChI=1S/C66H120O6/c1-4-7-10-13-16-19-22-25-27-28-29-30-31-32-33-34-35-36-37-38-39-42-44-47-50-53-56-59-65(68)71-62-63(61-70-64(67)58-55-52-49-46-43-40-24-21-18-15-12-9-6-3)72-66(69)60-57-54-51-48-45-41-26-23-20-17-14-11-8-5-2/h9,12,18,21,28-29,40,43,63H,4-8,10-11,13-17,19-20,22-27,30-39,41-42,44-62H2,1-3H3/b12-9-,21-18-,29-28-,43-40-. The molecule has 6 heteroatoms. The molecular weight excluding hydrogens is 889 g/mol. The highest BCUT2D eigenvalue weighted by molar-refractivity contribution is 5.71. The van der Waals surface area contributed by atoms with Crippen molar-refractivity contribution in [2.24, 2.45) is 0 Å². The Morgan fingerprint density at radius 3 is 0.875 bits per heavy atom. The smallest absolute Gasteiger partial charge is 0.306 e. The predicted molar refractivity (Wildman–Crippen MR) is 312 cm³/mol. The van der Waals surface area contributed by atoms with Gasteiger partial charge in [-0.2, -0.15) is 0 Å². The van der Waals surface area contributed by atoms with Gasteiger partial charge in [0.15, 0.2) is 6.10 Å². The van der Waals surface area contributed by atoms with Gasteiger partial charge in [-0.3, -0.25) is 14.4 Å². The molecule has 0 aromatic rings. The third kappa shape index (κ3) is 58.3. The lowest BCUT2D eigenvalue weighted by molar-refractivity contribution is -0.167. The molecule has 420 valence electrons. The van der Waals surface area contributed by atoms with Gasteiger partial charge in [0.2, 0.25) is 0 Å². The largest absolute Gasteiger partial charge is 0.462 e. The van der Waals surface area contributed by atoms with Crippen molar-refractivity contribution in [1.29, 1.82) is 0 Å². The molecule has 0 aromatic carbocycles. The topological polar surface area (TPSA) is 78.9 Å². The number of carbonyl (C=O) groups excluding carboxylic acids is 3. The van der Waals surface area contributed by atoms with Crippen LogP contribution in [0.25, 0.3) is 0 Å². The second kappa shape index (κ2) is 60.9. The van der Waals surface area contributed by atoms with E-state index in [9.17, 15) is 14.4 Å². The Morgan fingerprint density at radius 2 is 0.542 bits per heavy atom. The molecule has 0 radical (unpaired) electrons. The highest BCUT2D eigenvalue weighted by Gasteiger charge is 2.19. The number of carbonyl (C=O) groups is 3. The Hall–Kier alpha value is -2.63. The van der Waals surface area contributed by atoms with Crippen LogP contribution >= 0.6 is 0 Å². The number of hydrogen-bond donors (Lipinski definition) is 0. The van der Waals surface area contributed by atoms with Gasteiger partial charge < -0.3 is 14.2 Å². The molecule has 0 N–H and O–H groups in total. The zero-order valence-corrected chi connectivity index (χ0v) is 48.2. The summed E-state index contributed by atoms with van der Waals surface area (Å²) in [5, 5.41) is 0. The maximum Gasteiger partial charge on any atom is 0.306 e. The first-order valence-corrected chi connectivity index (χ1v) is 31.6. The van der Waals surface area contributed by atoms with Crippen LogP contribution in [0.1, 0.15) is 335 Å². The fourth-order valence-electron chi connectivity index (χ4n) is 9.34. The van der Waals surface area contributed by atoms with Crippen molar-refractivity contribution in [1.82, 2.24) is 0 Å². The van der Waals surface area contributed by atoms with Gasteiger partial charge in [-0.1, -0.05) is 288 Å². The van der Waals surface area contributed by atoms with Gasteiger partial charge in [0.1, 0.15) is 13.2 Å². The monoisotopic (exact) mass is 1010 g/mol. The maximum absolute atomic E-state index is 12.9. The second-order valence-corrected chi connectivity index (χ2v) is 21.3. The molecule has 0 aliphatic heterocycles. The van der Waals surface area contributed by atoms with Crippen LogP contribution in [-0.2, 0) is 28.6 Å². The second-order valence-electron chi connectivity index (χ2n) is 21.3. The lowest BCUT2D eigenvalue weighted by Crippen LogP contribution is -2.30. The SMILES string of the molecule is CC/C=C\C/C=C\C/C=C\CCCCCC(=O)OCC(COC(=O)CCCCCCCCCCCCCCCCC/C=C\CCCCCCCCCC)OC(=O)CCCCCCCCCCCCCCCC. The molecular formula is C66H120O6. The summed E-state index contributed by atoms with van der Waals surface area (Å²) in [5.41, 5.74) is 0. The zero-order valence-electron chi connectivity index (χ0n) is 48.2. The van der Waals surface area contributed by atoms with Crippen LogP contribution in [0.15, 0.2) is 48.6 Å². The number of hydrogen-bond acceptors (Lipinski definition) is 6. The van der Waals surface area contributed by atoms with Crippen molar-refractivity contribution < 1.29 is 28.6 Å². The molecule has 1 atom stereocenters. The maximum atomic E-state index is 12.9. The highest BCUT2D eigenvalue weighted by Crippen LogP contribution is 2.17. The van der Waals surface area contributed by atoms with Crippen molar-refractivity contribution >= 4 is 17.9 Å². The zero-order chi connectivity index (χ0) is 52.2. The van der Waals surface area contributed by atoms with E-state index in [1.54, 1.807) is 0 Å². The van der Waals surface area contributed by atoms with E-state index in [2.05, 4.69) is 69.4 Å². The third-order valence-electron chi connectivity index (χ3n) is 14.1. The molecule has 0 aliphatic carbocycles. The summed E-state index contributed by atoms with van der Waals surface area (Å²) >= 11 is 0. The van der Waals surface area contributed by atoms with Crippen LogP contribution in [0.3, 0.4) is 0 Å². The van der Waals surface area contributed by atoms with Crippen LogP contribution in [0.5, 0.6) is 0 Å². The molecule has 0 rings (SSSR count). The van der Waals surface area contributed by atoms with E-state index in [1.807, 2.05) is 0 Å². The Labute approximate surface area is 448 Å². The summed E-state index contributed by atoms with van der Waals surface area (Å²) in [6.07, 6.45) is 75.6. The Balaban J connectivity index is 4.20. The molecule has 0 saturated heterocycles. The molecule has 0 heterocycles. The predicted octanol–water partition coefficient (Wildman–Crippen LogP) is 21.4. The summed E-state index contributed by atoms with van der Waals surface area (Å²) in [7, 11) is 0. The fourth-order valence-corrected chi connectivity index (χ4v) is 9.34. The first-order chi connectivity index (χ1) is 35.5. The number of rotatable bonds is 58. The van der Waals surface area contributed by atoms with E-state index < -0.39 is 6.10 Å². The van der Waals surface area contributed by atoms with E-state index in [0.29, 0.717) is 19.3 Å². The van der Waals surface area contributed by atoms with Gasteiger partial charge in [-0.25, -0.2) is 0 Å². The van der Waals surface area contributed by atoms with Crippen molar-refractivity contribution in [2.75, 3.05) is 13.2 Å². The first-order valence-electron chi connectivity index (χ1n) is 31.6. The molecule has 0 amide bonds. The molecule has 0 aromatic heterocycles. The quantitative estimate of drug-likeness (QED) is 0.0261. The van der Waals surface area contributed by atoms with E-state index in [1.165, 1.54) is 212 Å². The number of allylic oxidation sites excluding steroid dienone is 8. The normalized spacial score (nSPS) is 12.3. The summed E-state index contributed by atoms with van der Waals surface area (Å²) in [6.45, 7) is 6.54. The molecule has 0 aliphatic rings. The van der Waals surface area contributed by atoms with Gasteiger partial charge in [-0.05, 0) is 77.0 Å². The van der Waals surface area contributed by atoms with E-state index in [4.69, 9.17) is 14.2 Å². The minimum atomic E-state index is -0.782. The van der Waals surface area contributed by atoms with Crippen LogP contribution in [-0.4, -0.2) is 37.2 Å². The fraction of sp³-hybridized carbons (Fsp3) is 0.833. The van der Waals surface area contributed by atoms with Crippen LogP contribution in [0.4, 0.5) is 0 Å². The van der Waals surface area contributed by atoms with Gasteiger partial charge in [0, 0.05) is 19.3 Å². The van der Waals surface area contributed by atoms with Crippen molar-refractivity contribution in [3.05, 3.63) is 48.6 Å². The lowest BCUT2D eigenvalue weighted by atomic mass is 10.0. The van der Waals surface area contributed by atoms with E-state index >= 15 is 0 Å². The average molecular weight is 1010 g/mol. The van der Waals surface area contributed by atoms with E-state index in [-0.39, 0.29) is 31.1 Å². The molecule has 72 heavy (non-hydrogen) atoms. The summed E-state index contributed by atoms with van der Waals surface area (Å²) in [6, 6.07) is 0. The molecule has 0 fully saturated rings. The minimum absolute atomic E-state index is 0.0785. The number of ether oxygens (including phenoxy) is 3. The number of esters is 3. The van der Waals surface area contributed by atoms with Crippen molar-refractivity contribution in [3.63, 3.8) is 0 Å². The molecule has 1 unspecified atom stereocenters.